The van der Waals surface area contributed by atoms with Crippen LogP contribution < -0.4 is 0 Å². The summed E-state index contributed by atoms with van der Waals surface area (Å²) >= 11 is 0. The van der Waals surface area contributed by atoms with Gasteiger partial charge in [-0.3, -0.25) is 4.79 Å². The molecule has 0 heterocycles. The van der Waals surface area contributed by atoms with Gasteiger partial charge in [0, 0.05) is 24.5 Å². The number of hydrogen-bond donors (Lipinski definition) is 3. The molecule has 0 aliphatic heterocycles. The van der Waals surface area contributed by atoms with Crippen molar-refractivity contribution in [2.75, 3.05) is 6.61 Å². The Balaban J connectivity index is 3.25. The standard InChI is InChI=1S/C19H28O5/c1-13(11-17(22)23)8-9-19(24)14(2)15(7-5-6-10-20)16(21)12-18(19,3)4/h8-9,11,20,24H,5-7,10,12H2,1-4H3,(H,22,23)/b9-8+,13-11-/t19-/m1/s1. The maximum Gasteiger partial charge on any atom is 0.328 e. The van der Waals surface area contributed by atoms with Crippen LogP contribution in [0.3, 0.4) is 0 Å². The molecule has 3 N–H and O–H groups in total. The Bertz CT molecular complexity index is 595. The molecule has 134 valence electrons. The van der Waals surface area contributed by atoms with Crippen molar-refractivity contribution >= 4 is 11.8 Å². The molecule has 0 saturated heterocycles. The van der Waals surface area contributed by atoms with E-state index in [4.69, 9.17) is 10.2 Å². The molecule has 0 amide bonds. The molecule has 1 rings (SSSR count). The lowest BCUT2D eigenvalue weighted by Gasteiger charge is -2.46. The number of rotatable bonds is 7. The van der Waals surface area contributed by atoms with E-state index in [0.717, 1.165) is 6.08 Å². The first kappa shape index (κ1) is 20.3. The maximum atomic E-state index is 12.4. The van der Waals surface area contributed by atoms with Gasteiger partial charge in [-0.15, -0.1) is 0 Å². The van der Waals surface area contributed by atoms with Crippen molar-refractivity contribution in [3.8, 4) is 0 Å². The molecule has 1 aliphatic rings. The Kier molecular flexibility index (Phi) is 6.69. The minimum absolute atomic E-state index is 0.0336. The van der Waals surface area contributed by atoms with Crippen LogP contribution in [0.1, 0.15) is 53.4 Å². The highest BCUT2D eigenvalue weighted by atomic mass is 16.4. The number of carboxylic acid groups (broad SMARTS) is 1. The second kappa shape index (κ2) is 7.90. The van der Waals surface area contributed by atoms with Crippen LogP contribution in [0.5, 0.6) is 0 Å². The van der Waals surface area contributed by atoms with Crippen molar-refractivity contribution in [2.45, 2.75) is 59.0 Å². The zero-order valence-electron chi connectivity index (χ0n) is 14.9. The monoisotopic (exact) mass is 336 g/mol. The van der Waals surface area contributed by atoms with E-state index in [1.165, 1.54) is 0 Å². The summed E-state index contributed by atoms with van der Waals surface area (Å²) in [6.45, 7) is 7.15. The molecule has 1 aliphatic carbocycles. The fraction of sp³-hybridized carbons (Fsp3) is 0.579. The van der Waals surface area contributed by atoms with Crippen LogP contribution in [0.15, 0.2) is 34.9 Å². The number of aliphatic hydroxyl groups excluding tert-OH is 1. The Morgan fingerprint density at radius 1 is 1.29 bits per heavy atom. The topological polar surface area (TPSA) is 94.8 Å². The van der Waals surface area contributed by atoms with E-state index in [2.05, 4.69) is 0 Å². The number of carboxylic acids is 1. The van der Waals surface area contributed by atoms with Crippen molar-refractivity contribution < 1.29 is 24.9 Å². The first-order valence-electron chi connectivity index (χ1n) is 8.22. The molecule has 0 aromatic heterocycles. The normalized spacial score (nSPS) is 24.8. The average Bonchev–Trinajstić information content (AvgIpc) is 2.46. The van der Waals surface area contributed by atoms with Gasteiger partial charge in [0.15, 0.2) is 5.78 Å². The third-order valence-corrected chi connectivity index (χ3v) is 4.77. The van der Waals surface area contributed by atoms with Gasteiger partial charge in [-0.1, -0.05) is 19.9 Å². The van der Waals surface area contributed by atoms with Crippen molar-refractivity contribution in [2.24, 2.45) is 5.41 Å². The van der Waals surface area contributed by atoms with E-state index in [9.17, 15) is 14.7 Å². The molecule has 1 atom stereocenters. The lowest BCUT2D eigenvalue weighted by atomic mass is 9.62. The largest absolute Gasteiger partial charge is 0.478 e. The van der Waals surface area contributed by atoms with E-state index in [0.29, 0.717) is 36.0 Å². The molecule has 0 bridgehead atoms. The van der Waals surface area contributed by atoms with Crippen LogP contribution in [0.4, 0.5) is 0 Å². The fourth-order valence-electron chi connectivity index (χ4n) is 3.18. The Labute approximate surface area is 143 Å². The molecule has 0 saturated carbocycles. The minimum atomic E-state index is -1.32. The summed E-state index contributed by atoms with van der Waals surface area (Å²) < 4.78 is 0. The second-order valence-corrected chi connectivity index (χ2v) is 7.09. The Morgan fingerprint density at radius 3 is 2.46 bits per heavy atom. The van der Waals surface area contributed by atoms with Crippen LogP contribution in [-0.4, -0.2) is 39.3 Å². The average molecular weight is 336 g/mol. The van der Waals surface area contributed by atoms with Gasteiger partial charge in [0.2, 0.25) is 0 Å². The van der Waals surface area contributed by atoms with Crippen molar-refractivity contribution in [3.63, 3.8) is 0 Å². The number of ketones is 1. The number of allylic oxidation sites excluding steroid dienone is 3. The van der Waals surface area contributed by atoms with Gasteiger partial charge < -0.3 is 15.3 Å². The minimum Gasteiger partial charge on any atom is -0.478 e. The van der Waals surface area contributed by atoms with E-state index >= 15 is 0 Å². The van der Waals surface area contributed by atoms with Crippen LogP contribution >= 0.6 is 0 Å². The first-order valence-corrected chi connectivity index (χ1v) is 8.22. The first-order chi connectivity index (χ1) is 11.0. The number of unbranched alkanes of at least 4 members (excludes halogenated alkanes) is 1. The number of Topliss-reactive ketones (excluding diaryl/α,β-unsaturated/α-hetero) is 1. The van der Waals surface area contributed by atoms with Gasteiger partial charge in [0.25, 0.3) is 0 Å². The molecular formula is C19H28O5. The van der Waals surface area contributed by atoms with Crippen molar-refractivity contribution in [3.05, 3.63) is 34.9 Å². The molecule has 5 nitrogen and oxygen atoms in total. The predicted molar refractivity (Wildman–Crippen MR) is 92.5 cm³/mol. The molecule has 0 unspecified atom stereocenters. The van der Waals surface area contributed by atoms with Crippen LogP contribution in [0.2, 0.25) is 0 Å². The number of carbonyl (C=O) groups excluding carboxylic acids is 1. The second-order valence-electron chi connectivity index (χ2n) is 7.09. The van der Waals surface area contributed by atoms with Gasteiger partial charge in [0.1, 0.15) is 5.60 Å². The van der Waals surface area contributed by atoms with Crippen molar-refractivity contribution in [1.82, 2.24) is 0 Å². The van der Waals surface area contributed by atoms with E-state index < -0.39 is 17.0 Å². The highest BCUT2D eigenvalue weighted by molar-refractivity contribution is 5.98. The van der Waals surface area contributed by atoms with Crippen LogP contribution in [0, 0.1) is 5.41 Å². The molecule has 24 heavy (non-hydrogen) atoms. The lowest BCUT2D eigenvalue weighted by molar-refractivity contribution is -0.131. The van der Waals surface area contributed by atoms with E-state index in [1.54, 1.807) is 26.0 Å². The highest BCUT2D eigenvalue weighted by Gasteiger charge is 2.49. The number of hydrogen-bond acceptors (Lipinski definition) is 4. The van der Waals surface area contributed by atoms with Gasteiger partial charge in [-0.25, -0.2) is 4.79 Å². The zero-order chi connectivity index (χ0) is 18.5. The summed E-state index contributed by atoms with van der Waals surface area (Å²) in [6.07, 6.45) is 6.30. The van der Waals surface area contributed by atoms with E-state index in [-0.39, 0.29) is 18.8 Å². The fourth-order valence-corrected chi connectivity index (χ4v) is 3.18. The number of aliphatic carboxylic acids is 1. The van der Waals surface area contributed by atoms with Crippen LogP contribution in [-0.2, 0) is 9.59 Å². The summed E-state index contributed by atoms with van der Waals surface area (Å²) in [4.78, 5) is 23.2. The molecule has 0 aromatic carbocycles. The molecule has 0 fully saturated rings. The number of aliphatic hydroxyl groups is 2. The molecule has 0 radical (unpaired) electrons. The Morgan fingerprint density at radius 2 is 1.92 bits per heavy atom. The molecule has 0 spiro atoms. The summed E-state index contributed by atoms with van der Waals surface area (Å²) in [5, 5.41) is 29.0. The molecular weight excluding hydrogens is 308 g/mol. The zero-order valence-corrected chi connectivity index (χ0v) is 14.9. The quantitative estimate of drug-likeness (QED) is 0.377. The third-order valence-electron chi connectivity index (χ3n) is 4.77. The summed E-state index contributed by atoms with van der Waals surface area (Å²) in [6, 6.07) is 0. The molecule has 5 heteroatoms. The maximum absolute atomic E-state index is 12.4. The summed E-state index contributed by atoms with van der Waals surface area (Å²) in [7, 11) is 0. The summed E-state index contributed by atoms with van der Waals surface area (Å²) in [5.74, 6) is -1.01. The third kappa shape index (κ3) is 4.42. The van der Waals surface area contributed by atoms with Crippen LogP contribution in [0.25, 0.3) is 0 Å². The van der Waals surface area contributed by atoms with Gasteiger partial charge in [0.05, 0.1) is 0 Å². The van der Waals surface area contributed by atoms with E-state index in [1.807, 2.05) is 13.8 Å². The lowest BCUT2D eigenvalue weighted by Crippen LogP contribution is -2.49. The van der Waals surface area contributed by atoms with Gasteiger partial charge >= 0.3 is 5.97 Å². The highest BCUT2D eigenvalue weighted by Crippen LogP contribution is 2.47. The van der Waals surface area contributed by atoms with Gasteiger partial charge in [-0.05, 0) is 55.9 Å². The van der Waals surface area contributed by atoms with Gasteiger partial charge in [-0.2, -0.15) is 0 Å². The smallest absolute Gasteiger partial charge is 0.328 e. The SMILES string of the molecule is CC1=C(CCCCO)C(=O)CC(C)(C)[C@@]1(O)/C=C/C(C)=C\C(=O)O. The Hall–Kier alpha value is -1.72. The van der Waals surface area contributed by atoms with Crippen molar-refractivity contribution in [1.29, 1.82) is 0 Å². The number of carbonyl (C=O) groups is 2. The summed E-state index contributed by atoms with van der Waals surface area (Å²) in [5.41, 5.74) is -0.258. The predicted octanol–water partition coefficient (Wildman–Crippen LogP) is 2.78. The molecule has 0 aromatic rings.